The summed E-state index contributed by atoms with van der Waals surface area (Å²) in [5.41, 5.74) is 1.00. The average molecular weight is 434 g/mol. The fourth-order valence-electron chi connectivity index (χ4n) is 3.19. The Bertz CT molecular complexity index is 612. The summed E-state index contributed by atoms with van der Waals surface area (Å²) in [4.78, 5) is 13.0. The van der Waals surface area contributed by atoms with Crippen molar-refractivity contribution < 1.29 is 23.0 Å². The molecule has 146 valence electrons. The third kappa shape index (κ3) is 5.91. The first-order valence-electron chi connectivity index (χ1n) is 8.97. The maximum atomic E-state index is 14.4. The Hall–Kier alpha value is -1.21. The van der Waals surface area contributed by atoms with Crippen molar-refractivity contribution in [1.29, 1.82) is 0 Å². The molecule has 7 heteroatoms. The molecule has 1 saturated heterocycles. The van der Waals surface area contributed by atoms with Crippen LogP contribution in [0.4, 0.5) is 8.78 Å². The van der Waals surface area contributed by atoms with Crippen LogP contribution in [-0.2, 0) is 9.53 Å². The SMILES string of the molecule is CCOC(=O)CN1CC[C@H](CCCOc2cccc(Br)c2C)C(F)(F)C1. The summed E-state index contributed by atoms with van der Waals surface area (Å²) >= 11 is 3.45. The number of rotatable bonds is 8. The second-order valence-electron chi connectivity index (χ2n) is 6.62. The Morgan fingerprint density at radius 2 is 2.19 bits per heavy atom. The first kappa shape index (κ1) is 21.1. The van der Waals surface area contributed by atoms with Gasteiger partial charge in [-0.3, -0.25) is 9.69 Å². The summed E-state index contributed by atoms with van der Waals surface area (Å²) in [7, 11) is 0. The Morgan fingerprint density at radius 1 is 1.42 bits per heavy atom. The van der Waals surface area contributed by atoms with Gasteiger partial charge in [0.2, 0.25) is 0 Å². The van der Waals surface area contributed by atoms with Crippen LogP contribution >= 0.6 is 15.9 Å². The predicted octanol–water partition coefficient (Wildman–Crippen LogP) is 4.44. The number of hydrogen-bond donors (Lipinski definition) is 0. The third-order valence-corrected chi connectivity index (χ3v) is 5.52. The van der Waals surface area contributed by atoms with E-state index in [9.17, 15) is 13.6 Å². The molecule has 0 bridgehead atoms. The van der Waals surface area contributed by atoms with E-state index in [0.29, 0.717) is 32.4 Å². The monoisotopic (exact) mass is 433 g/mol. The molecule has 0 N–H and O–H groups in total. The van der Waals surface area contributed by atoms with Gasteiger partial charge in [-0.2, -0.15) is 0 Å². The molecule has 0 radical (unpaired) electrons. The van der Waals surface area contributed by atoms with E-state index in [0.717, 1.165) is 15.8 Å². The molecule has 1 heterocycles. The number of carbonyl (C=O) groups is 1. The van der Waals surface area contributed by atoms with Crippen molar-refractivity contribution in [3.8, 4) is 5.75 Å². The standard InChI is InChI=1S/C19H26BrF2NO3/c1-3-25-18(24)12-23-10-9-15(19(21,22)13-23)6-5-11-26-17-8-4-7-16(20)14(17)2/h4,7-8,15H,3,5-6,9-13H2,1-2H3/t15-/m0/s1. The number of halogens is 3. The molecule has 0 saturated carbocycles. The maximum absolute atomic E-state index is 14.4. The van der Waals surface area contributed by atoms with Gasteiger partial charge in [0.05, 0.1) is 26.3 Å². The summed E-state index contributed by atoms with van der Waals surface area (Å²) in [5.74, 6) is -3.14. The van der Waals surface area contributed by atoms with Gasteiger partial charge in [0.15, 0.2) is 0 Å². The molecule has 0 aliphatic carbocycles. The maximum Gasteiger partial charge on any atom is 0.320 e. The second-order valence-corrected chi connectivity index (χ2v) is 7.47. The van der Waals surface area contributed by atoms with Crippen LogP contribution in [0.25, 0.3) is 0 Å². The first-order chi connectivity index (χ1) is 12.3. The number of piperidine rings is 1. The highest BCUT2D eigenvalue weighted by Crippen LogP contribution is 2.36. The Kier molecular flexibility index (Phi) is 7.83. The van der Waals surface area contributed by atoms with Crippen LogP contribution in [0.15, 0.2) is 22.7 Å². The molecule has 0 amide bonds. The fraction of sp³-hybridized carbons (Fsp3) is 0.632. The zero-order chi connectivity index (χ0) is 19.2. The summed E-state index contributed by atoms with van der Waals surface area (Å²) in [5, 5.41) is 0. The van der Waals surface area contributed by atoms with E-state index in [-0.39, 0.29) is 19.7 Å². The van der Waals surface area contributed by atoms with Crippen LogP contribution in [0.1, 0.15) is 31.7 Å². The largest absolute Gasteiger partial charge is 0.493 e. The molecule has 1 aromatic carbocycles. The van der Waals surface area contributed by atoms with Crippen molar-refractivity contribution in [3.05, 3.63) is 28.2 Å². The predicted molar refractivity (Wildman–Crippen MR) is 99.7 cm³/mol. The van der Waals surface area contributed by atoms with Gasteiger partial charge >= 0.3 is 5.97 Å². The summed E-state index contributed by atoms with van der Waals surface area (Å²) < 4.78 is 40.3. The number of carbonyl (C=O) groups excluding carboxylic acids is 1. The lowest BCUT2D eigenvalue weighted by Crippen LogP contribution is -2.50. The van der Waals surface area contributed by atoms with E-state index in [4.69, 9.17) is 9.47 Å². The van der Waals surface area contributed by atoms with Gasteiger partial charge < -0.3 is 9.47 Å². The molecular formula is C19H26BrF2NO3. The van der Waals surface area contributed by atoms with Gasteiger partial charge in [0.1, 0.15) is 5.75 Å². The lowest BCUT2D eigenvalue weighted by atomic mass is 9.88. The molecule has 4 nitrogen and oxygen atoms in total. The van der Waals surface area contributed by atoms with Gasteiger partial charge in [0, 0.05) is 16.0 Å². The summed E-state index contributed by atoms with van der Waals surface area (Å²) in [6.07, 6.45) is 1.36. The average Bonchev–Trinajstić information content (AvgIpc) is 2.56. The Morgan fingerprint density at radius 3 is 2.88 bits per heavy atom. The molecule has 0 aromatic heterocycles. The van der Waals surface area contributed by atoms with Crippen molar-refractivity contribution in [2.45, 2.75) is 39.0 Å². The molecule has 1 atom stereocenters. The molecule has 1 aliphatic heterocycles. The first-order valence-corrected chi connectivity index (χ1v) is 9.76. The highest BCUT2D eigenvalue weighted by atomic mass is 79.9. The molecule has 2 rings (SSSR count). The minimum Gasteiger partial charge on any atom is -0.493 e. The second kappa shape index (κ2) is 9.65. The van der Waals surface area contributed by atoms with Crippen LogP contribution in [0.2, 0.25) is 0 Å². The van der Waals surface area contributed by atoms with Crippen LogP contribution in [0.5, 0.6) is 5.75 Å². The lowest BCUT2D eigenvalue weighted by molar-refractivity contribution is -0.150. The number of hydrogen-bond acceptors (Lipinski definition) is 4. The molecule has 0 spiro atoms. The molecular weight excluding hydrogens is 408 g/mol. The van der Waals surface area contributed by atoms with E-state index in [1.807, 2.05) is 25.1 Å². The topological polar surface area (TPSA) is 38.8 Å². The number of alkyl halides is 2. The number of ether oxygens (including phenoxy) is 2. The fourth-order valence-corrected chi connectivity index (χ4v) is 3.54. The van der Waals surface area contributed by atoms with Gasteiger partial charge in [-0.1, -0.05) is 22.0 Å². The van der Waals surface area contributed by atoms with Gasteiger partial charge in [-0.25, -0.2) is 8.78 Å². The molecule has 26 heavy (non-hydrogen) atoms. The molecule has 1 aromatic rings. The van der Waals surface area contributed by atoms with E-state index in [2.05, 4.69) is 15.9 Å². The van der Waals surface area contributed by atoms with Crippen LogP contribution in [0, 0.1) is 12.8 Å². The zero-order valence-electron chi connectivity index (χ0n) is 15.3. The lowest BCUT2D eigenvalue weighted by Gasteiger charge is -2.37. The smallest absolute Gasteiger partial charge is 0.320 e. The molecule has 1 aliphatic rings. The highest BCUT2D eigenvalue weighted by molar-refractivity contribution is 9.10. The van der Waals surface area contributed by atoms with Crippen LogP contribution in [-0.4, -0.2) is 49.6 Å². The summed E-state index contributed by atoms with van der Waals surface area (Å²) in [6, 6.07) is 5.70. The van der Waals surface area contributed by atoms with Gasteiger partial charge in [-0.15, -0.1) is 0 Å². The van der Waals surface area contributed by atoms with Crippen LogP contribution in [0.3, 0.4) is 0 Å². The van der Waals surface area contributed by atoms with Crippen molar-refractivity contribution in [1.82, 2.24) is 4.90 Å². The number of likely N-dealkylation sites (tertiary alicyclic amines) is 1. The minimum atomic E-state index is -2.80. The molecule has 0 unspecified atom stereocenters. The third-order valence-electron chi connectivity index (χ3n) is 4.66. The summed E-state index contributed by atoms with van der Waals surface area (Å²) in [6.45, 7) is 4.37. The number of nitrogens with zero attached hydrogens (tertiary/aromatic N) is 1. The Balaban J connectivity index is 1.76. The van der Waals surface area contributed by atoms with E-state index in [1.165, 1.54) is 4.90 Å². The number of esters is 1. The van der Waals surface area contributed by atoms with E-state index >= 15 is 0 Å². The Labute approximate surface area is 162 Å². The van der Waals surface area contributed by atoms with Crippen molar-refractivity contribution in [2.75, 3.05) is 32.8 Å². The van der Waals surface area contributed by atoms with Crippen LogP contribution < -0.4 is 4.74 Å². The minimum absolute atomic E-state index is 0.0680. The van der Waals surface area contributed by atoms with Gasteiger partial charge in [0.25, 0.3) is 5.92 Å². The van der Waals surface area contributed by atoms with Gasteiger partial charge in [-0.05, 0) is 51.8 Å². The zero-order valence-corrected chi connectivity index (χ0v) is 16.9. The van der Waals surface area contributed by atoms with Crippen molar-refractivity contribution >= 4 is 21.9 Å². The van der Waals surface area contributed by atoms with E-state index < -0.39 is 17.8 Å². The normalized spacial score (nSPS) is 20.0. The molecule has 1 fully saturated rings. The van der Waals surface area contributed by atoms with Crippen molar-refractivity contribution in [2.24, 2.45) is 5.92 Å². The highest BCUT2D eigenvalue weighted by Gasteiger charge is 2.44. The quantitative estimate of drug-likeness (QED) is 0.448. The van der Waals surface area contributed by atoms with E-state index in [1.54, 1.807) is 6.92 Å². The van der Waals surface area contributed by atoms with Crippen molar-refractivity contribution in [3.63, 3.8) is 0 Å². The number of benzene rings is 1.